The van der Waals surface area contributed by atoms with Crippen molar-refractivity contribution in [3.05, 3.63) is 23.0 Å². The number of pyridine rings is 1. The van der Waals surface area contributed by atoms with E-state index in [1.165, 1.54) is 6.07 Å². The number of aromatic carboxylic acids is 1. The van der Waals surface area contributed by atoms with Crippen molar-refractivity contribution >= 4 is 5.97 Å². The zero-order valence-electron chi connectivity index (χ0n) is 7.11. The molecule has 7 heteroatoms. The van der Waals surface area contributed by atoms with Gasteiger partial charge in [0.2, 0.25) is 0 Å². The van der Waals surface area contributed by atoms with Gasteiger partial charge >= 0.3 is 5.97 Å². The molecule has 1 heterocycles. The van der Waals surface area contributed by atoms with Crippen LogP contribution in [0.1, 0.15) is 28.2 Å². The Morgan fingerprint density at radius 1 is 1.60 bits per heavy atom. The Kier molecular flexibility index (Phi) is 2.80. The highest BCUT2D eigenvalue weighted by Gasteiger charge is 2.21. The van der Waals surface area contributed by atoms with E-state index >= 15 is 0 Å². The van der Waals surface area contributed by atoms with E-state index < -0.39 is 35.1 Å². The predicted molar refractivity (Wildman–Crippen MR) is 42.5 cm³/mol. The number of hydrogen-bond acceptors (Lipinski definition) is 4. The van der Waals surface area contributed by atoms with Gasteiger partial charge in [0.05, 0.1) is 5.56 Å². The molecule has 0 spiro atoms. The SMILES string of the molecule is N#Cc1nc(C(F)F)c(O)cc1C(=O)O. The van der Waals surface area contributed by atoms with Gasteiger partial charge in [-0.2, -0.15) is 5.26 Å². The summed E-state index contributed by atoms with van der Waals surface area (Å²) in [6.07, 6.45) is -3.07. The van der Waals surface area contributed by atoms with E-state index in [-0.39, 0.29) is 0 Å². The van der Waals surface area contributed by atoms with Crippen molar-refractivity contribution in [2.24, 2.45) is 0 Å². The van der Waals surface area contributed by atoms with E-state index in [1.807, 2.05) is 0 Å². The van der Waals surface area contributed by atoms with Crippen molar-refractivity contribution in [1.82, 2.24) is 4.98 Å². The van der Waals surface area contributed by atoms with E-state index in [9.17, 15) is 13.6 Å². The number of hydrogen-bond donors (Lipinski definition) is 2. The number of nitriles is 1. The van der Waals surface area contributed by atoms with Crippen LogP contribution < -0.4 is 0 Å². The van der Waals surface area contributed by atoms with Crippen LogP contribution in [0.3, 0.4) is 0 Å². The van der Waals surface area contributed by atoms with E-state index in [0.29, 0.717) is 6.07 Å². The molecule has 0 aromatic carbocycles. The number of alkyl halides is 2. The highest BCUT2D eigenvalue weighted by Crippen LogP contribution is 2.27. The molecule has 0 fully saturated rings. The molecule has 0 bridgehead atoms. The first kappa shape index (κ1) is 10.8. The normalized spacial score (nSPS) is 10.0. The third kappa shape index (κ3) is 1.99. The highest BCUT2D eigenvalue weighted by atomic mass is 19.3. The molecule has 0 atom stereocenters. The van der Waals surface area contributed by atoms with Gasteiger partial charge in [0.1, 0.15) is 17.5 Å². The first-order valence-corrected chi connectivity index (χ1v) is 3.62. The number of carboxylic acid groups (broad SMARTS) is 1. The largest absolute Gasteiger partial charge is 0.506 e. The average Bonchev–Trinajstić information content (AvgIpc) is 2.16. The molecule has 0 aliphatic heterocycles. The Hall–Kier alpha value is -2.23. The maximum Gasteiger partial charge on any atom is 0.338 e. The summed E-state index contributed by atoms with van der Waals surface area (Å²) in [5.74, 6) is -2.46. The van der Waals surface area contributed by atoms with Gasteiger partial charge in [-0.25, -0.2) is 18.6 Å². The second kappa shape index (κ2) is 3.88. The molecule has 5 nitrogen and oxygen atoms in total. The number of halogens is 2. The molecule has 1 aromatic heterocycles. The lowest BCUT2D eigenvalue weighted by atomic mass is 10.1. The molecular weight excluding hydrogens is 210 g/mol. The van der Waals surface area contributed by atoms with Gasteiger partial charge in [-0.15, -0.1) is 0 Å². The maximum atomic E-state index is 12.2. The molecule has 1 rings (SSSR count). The van der Waals surface area contributed by atoms with Crippen LogP contribution in [0.5, 0.6) is 5.75 Å². The average molecular weight is 214 g/mol. The summed E-state index contributed by atoms with van der Waals surface area (Å²) in [7, 11) is 0. The van der Waals surface area contributed by atoms with Gasteiger partial charge in [-0.3, -0.25) is 0 Å². The molecule has 0 radical (unpaired) electrons. The van der Waals surface area contributed by atoms with Crippen LogP contribution in [-0.4, -0.2) is 21.2 Å². The van der Waals surface area contributed by atoms with Crippen LogP contribution in [-0.2, 0) is 0 Å². The van der Waals surface area contributed by atoms with Crippen LogP contribution in [0.4, 0.5) is 8.78 Å². The number of nitrogens with zero attached hydrogens (tertiary/aromatic N) is 2. The fourth-order valence-electron chi connectivity index (χ4n) is 0.926. The summed E-state index contributed by atoms with van der Waals surface area (Å²) in [6, 6.07) is 1.94. The molecule has 0 saturated carbocycles. The Morgan fingerprint density at radius 2 is 2.20 bits per heavy atom. The van der Waals surface area contributed by atoms with Crippen molar-refractivity contribution in [3.8, 4) is 11.8 Å². The summed E-state index contributed by atoms with van der Waals surface area (Å²) in [6.45, 7) is 0. The molecule has 1 aromatic rings. The summed E-state index contributed by atoms with van der Waals surface area (Å²) in [5.41, 5.74) is -2.27. The molecular formula is C8H4F2N2O3. The van der Waals surface area contributed by atoms with Gasteiger partial charge in [-0.1, -0.05) is 0 Å². The lowest BCUT2D eigenvalue weighted by Crippen LogP contribution is -2.05. The van der Waals surface area contributed by atoms with Gasteiger partial charge < -0.3 is 10.2 Å². The number of carbonyl (C=O) groups is 1. The lowest BCUT2D eigenvalue weighted by molar-refractivity contribution is 0.0694. The van der Waals surface area contributed by atoms with Gasteiger partial charge in [0, 0.05) is 0 Å². The van der Waals surface area contributed by atoms with Crippen LogP contribution >= 0.6 is 0 Å². The van der Waals surface area contributed by atoms with E-state index in [0.717, 1.165) is 0 Å². The van der Waals surface area contributed by atoms with Crippen LogP contribution in [0.25, 0.3) is 0 Å². The smallest absolute Gasteiger partial charge is 0.338 e. The Bertz CT molecular complexity index is 454. The van der Waals surface area contributed by atoms with Crippen molar-refractivity contribution in [3.63, 3.8) is 0 Å². The molecule has 2 N–H and O–H groups in total. The Morgan fingerprint density at radius 3 is 2.60 bits per heavy atom. The summed E-state index contributed by atoms with van der Waals surface area (Å²) in [4.78, 5) is 13.6. The van der Waals surface area contributed by atoms with Gasteiger partial charge in [-0.05, 0) is 6.07 Å². The first-order chi connectivity index (χ1) is 6.97. The van der Waals surface area contributed by atoms with Crippen molar-refractivity contribution < 1.29 is 23.8 Å². The minimum atomic E-state index is -3.07. The fraction of sp³-hybridized carbons (Fsp3) is 0.125. The van der Waals surface area contributed by atoms with Crippen LogP contribution in [0.15, 0.2) is 6.07 Å². The monoisotopic (exact) mass is 214 g/mol. The molecule has 0 saturated heterocycles. The third-order valence-corrected chi connectivity index (χ3v) is 1.57. The van der Waals surface area contributed by atoms with Crippen molar-refractivity contribution in [2.45, 2.75) is 6.43 Å². The number of carboxylic acids is 1. The zero-order valence-corrected chi connectivity index (χ0v) is 7.11. The minimum Gasteiger partial charge on any atom is -0.506 e. The van der Waals surface area contributed by atoms with E-state index in [1.54, 1.807) is 0 Å². The van der Waals surface area contributed by atoms with E-state index in [2.05, 4.69) is 4.98 Å². The third-order valence-electron chi connectivity index (χ3n) is 1.57. The minimum absolute atomic E-state index is 0.579. The molecule has 0 unspecified atom stereocenters. The van der Waals surface area contributed by atoms with Crippen molar-refractivity contribution in [1.29, 1.82) is 5.26 Å². The molecule has 0 aliphatic carbocycles. The molecule has 0 aliphatic rings. The Balaban J connectivity index is 3.44. The van der Waals surface area contributed by atoms with Crippen LogP contribution in [0.2, 0.25) is 0 Å². The highest BCUT2D eigenvalue weighted by molar-refractivity contribution is 5.90. The first-order valence-electron chi connectivity index (χ1n) is 3.62. The van der Waals surface area contributed by atoms with Crippen LogP contribution in [0, 0.1) is 11.3 Å². The summed E-state index contributed by atoms with van der Waals surface area (Å²) >= 11 is 0. The summed E-state index contributed by atoms with van der Waals surface area (Å²) < 4.78 is 24.4. The van der Waals surface area contributed by atoms with Gasteiger partial charge in [0.25, 0.3) is 6.43 Å². The molecule has 15 heavy (non-hydrogen) atoms. The predicted octanol–water partition coefficient (Wildman–Crippen LogP) is 1.29. The quantitative estimate of drug-likeness (QED) is 0.773. The number of aromatic hydroxyl groups is 1. The second-order valence-electron chi connectivity index (χ2n) is 2.51. The summed E-state index contributed by atoms with van der Waals surface area (Å²) in [5, 5.41) is 26.0. The lowest BCUT2D eigenvalue weighted by Gasteiger charge is -2.04. The maximum absolute atomic E-state index is 12.2. The number of aromatic nitrogens is 1. The topological polar surface area (TPSA) is 94.2 Å². The standard InChI is InChI=1S/C8H4F2N2O3/c9-7(10)6-5(13)1-3(8(14)15)4(2-11)12-6/h1,7,13H,(H,14,15). The Labute approximate surface area is 82.2 Å². The van der Waals surface area contributed by atoms with E-state index in [4.69, 9.17) is 15.5 Å². The fourth-order valence-corrected chi connectivity index (χ4v) is 0.926. The zero-order chi connectivity index (χ0) is 11.6. The second-order valence-corrected chi connectivity index (χ2v) is 2.51. The number of rotatable bonds is 2. The molecule has 78 valence electrons. The van der Waals surface area contributed by atoms with Gasteiger partial charge in [0.15, 0.2) is 5.69 Å². The molecule has 0 amide bonds. The van der Waals surface area contributed by atoms with Crippen molar-refractivity contribution in [2.75, 3.05) is 0 Å².